The molecule has 0 aromatic heterocycles. The van der Waals surface area contributed by atoms with Crippen LogP contribution in [0.5, 0.6) is 0 Å². The Morgan fingerprint density at radius 3 is 1.85 bits per heavy atom. The molecule has 0 aliphatic rings. The molecule has 0 heterocycles. The Hall–Kier alpha value is -0.950. The first kappa shape index (κ1) is 19.1. The average molecular weight is 291 g/mol. The molecule has 0 spiro atoms. The molecule has 1 heteroatoms. The molecule has 0 atom stereocenters. The minimum Gasteiger partial charge on any atom is -0.148 e. The quantitative estimate of drug-likeness (QED) is 0.435. The second-order valence-electron chi connectivity index (χ2n) is 6.19. The summed E-state index contributed by atoms with van der Waals surface area (Å²) in [7, 11) is 0. The van der Waals surface area contributed by atoms with Crippen LogP contribution < -0.4 is 0 Å². The van der Waals surface area contributed by atoms with Crippen molar-refractivity contribution in [2.75, 3.05) is 0 Å². The predicted molar refractivity (Wildman–Crippen MR) is 97.2 cm³/mol. The lowest BCUT2D eigenvalue weighted by atomic mass is 9.84. The lowest BCUT2D eigenvalue weighted by Gasteiger charge is -2.21. The van der Waals surface area contributed by atoms with E-state index in [9.17, 15) is 0 Å². The van der Waals surface area contributed by atoms with Gasteiger partial charge in [-0.15, -0.1) is 12.6 Å². The summed E-state index contributed by atoms with van der Waals surface area (Å²) in [5.74, 6) is 0. The van der Waals surface area contributed by atoms with Crippen molar-refractivity contribution in [2.45, 2.75) is 55.4 Å². The molecule has 0 aliphatic heterocycles. The molecule has 0 aliphatic carbocycles. The van der Waals surface area contributed by atoms with Crippen LogP contribution in [-0.4, -0.2) is 0 Å². The number of hydrogen-bond donors (Lipinski definition) is 1. The second-order valence-corrected chi connectivity index (χ2v) is 6.89. The lowest BCUT2D eigenvalue weighted by molar-refractivity contribution is 0.516. The summed E-state index contributed by atoms with van der Waals surface area (Å²) >= 11 is 4.37. The SMILES string of the molecule is CC=C(/C=C(\C)S)/C(C)=C(C)/C=C(\C=C\C)C(C)(C)C. The monoisotopic (exact) mass is 290 g/mol. The maximum atomic E-state index is 4.37. The van der Waals surface area contributed by atoms with Crippen molar-refractivity contribution in [2.24, 2.45) is 5.41 Å². The third-order valence-electron chi connectivity index (χ3n) is 3.28. The van der Waals surface area contributed by atoms with Crippen molar-refractivity contribution in [1.82, 2.24) is 0 Å². The molecule has 0 bridgehead atoms. The molecule has 0 nitrogen and oxygen atoms in total. The van der Waals surface area contributed by atoms with Crippen LogP contribution in [0.25, 0.3) is 0 Å². The average Bonchev–Trinajstić information content (AvgIpc) is 2.33. The van der Waals surface area contributed by atoms with Crippen LogP contribution in [0.4, 0.5) is 0 Å². The summed E-state index contributed by atoms with van der Waals surface area (Å²) < 4.78 is 0. The molecule has 0 unspecified atom stereocenters. The van der Waals surface area contributed by atoms with Crippen LogP contribution in [0.2, 0.25) is 0 Å². The summed E-state index contributed by atoms with van der Waals surface area (Å²) in [6.45, 7) is 17.2. The maximum Gasteiger partial charge on any atom is -0.0132 e. The molecule has 20 heavy (non-hydrogen) atoms. The minimum absolute atomic E-state index is 0.152. The van der Waals surface area contributed by atoms with Crippen molar-refractivity contribution in [3.63, 3.8) is 0 Å². The highest BCUT2D eigenvalue weighted by Gasteiger charge is 2.14. The van der Waals surface area contributed by atoms with Gasteiger partial charge in [0.1, 0.15) is 0 Å². The van der Waals surface area contributed by atoms with Crippen molar-refractivity contribution in [3.8, 4) is 0 Å². The van der Waals surface area contributed by atoms with Gasteiger partial charge in [0.05, 0.1) is 0 Å². The number of rotatable bonds is 4. The van der Waals surface area contributed by atoms with Crippen LogP contribution >= 0.6 is 12.6 Å². The summed E-state index contributed by atoms with van der Waals surface area (Å²) in [4.78, 5) is 1.03. The molecular weight excluding hydrogens is 260 g/mol. The Morgan fingerprint density at radius 2 is 1.50 bits per heavy atom. The van der Waals surface area contributed by atoms with E-state index in [4.69, 9.17) is 0 Å². The van der Waals surface area contributed by atoms with Gasteiger partial charge in [-0.3, -0.25) is 0 Å². The van der Waals surface area contributed by atoms with E-state index in [1.807, 2.05) is 6.92 Å². The highest BCUT2D eigenvalue weighted by molar-refractivity contribution is 7.84. The van der Waals surface area contributed by atoms with Crippen molar-refractivity contribution >= 4 is 12.6 Å². The van der Waals surface area contributed by atoms with Crippen molar-refractivity contribution in [3.05, 3.63) is 57.6 Å². The van der Waals surface area contributed by atoms with Crippen LogP contribution in [0, 0.1) is 5.41 Å². The smallest absolute Gasteiger partial charge is 0.0132 e. The molecule has 112 valence electrons. The van der Waals surface area contributed by atoms with Gasteiger partial charge >= 0.3 is 0 Å². The number of thiol groups is 1. The van der Waals surface area contributed by atoms with Crippen LogP contribution in [0.3, 0.4) is 0 Å². The largest absolute Gasteiger partial charge is 0.148 e. The van der Waals surface area contributed by atoms with Gasteiger partial charge in [-0.2, -0.15) is 0 Å². The first-order valence-electron chi connectivity index (χ1n) is 7.19. The Morgan fingerprint density at radius 1 is 0.950 bits per heavy atom. The van der Waals surface area contributed by atoms with E-state index in [0.29, 0.717) is 0 Å². The van der Waals surface area contributed by atoms with E-state index in [1.165, 1.54) is 22.3 Å². The molecule has 0 saturated heterocycles. The molecule has 0 radical (unpaired) electrons. The second kappa shape index (κ2) is 8.36. The topological polar surface area (TPSA) is 0 Å². The maximum absolute atomic E-state index is 4.37. The summed E-state index contributed by atoms with van der Waals surface area (Å²) in [5, 5.41) is 0. The zero-order chi connectivity index (χ0) is 15.9. The molecule has 0 amide bonds. The van der Waals surface area contributed by atoms with Crippen LogP contribution in [0.1, 0.15) is 55.4 Å². The summed E-state index contributed by atoms with van der Waals surface area (Å²) in [6.07, 6.45) is 10.8. The van der Waals surface area contributed by atoms with E-state index in [1.54, 1.807) is 0 Å². The van der Waals surface area contributed by atoms with Gasteiger partial charge in [-0.1, -0.05) is 45.1 Å². The highest BCUT2D eigenvalue weighted by Crippen LogP contribution is 2.29. The van der Waals surface area contributed by atoms with Gasteiger partial charge in [-0.25, -0.2) is 0 Å². The molecule has 0 N–H and O–H groups in total. The third-order valence-corrected chi connectivity index (χ3v) is 3.41. The minimum atomic E-state index is 0.152. The fourth-order valence-corrected chi connectivity index (χ4v) is 2.04. The molecule has 0 aromatic rings. The van der Waals surface area contributed by atoms with Gasteiger partial charge in [0, 0.05) is 0 Å². The molecule has 0 saturated carbocycles. The Labute approximate surface area is 131 Å². The Kier molecular flexibility index (Phi) is 7.96. The molecule has 0 aromatic carbocycles. The lowest BCUT2D eigenvalue weighted by Crippen LogP contribution is -2.07. The van der Waals surface area contributed by atoms with E-state index in [-0.39, 0.29) is 5.41 Å². The highest BCUT2D eigenvalue weighted by atomic mass is 32.1. The van der Waals surface area contributed by atoms with Gasteiger partial charge in [-0.05, 0) is 73.3 Å². The van der Waals surface area contributed by atoms with Crippen LogP contribution in [-0.2, 0) is 0 Å². The Bertz CT molecular complexity index is 470. The number of allylic oxidation sites excluding steroid dienone is 10. The zero-order valence-corrected chi connectivity index (χ0v) is 15.2. The molecule has 0 rings (SSSR count). The normalized spacial score (nSPS) is 16.8. The third kappa shape index (κ3) is 6.47. The predicted octanol–water partition coefficient (Wildman–Crippen LogP) is 6.65. The molecule has 0 fully saturated rings. The standard InChI is InChI=1S/C19H30S/c1-9-11-18(19(6,7)8)12-14(3)16(5)17(10-2)13-15(4)20/h9-13,20H,1-8H3/b11-9+,15-13+,16-14+,17-10?,18-12+. The van der Waals surface area contributed by atoms with Crippen molar-refractivity contribution < 1.29 is 0 Å². The fourth-order valence-electron chi connectivity index (χ4n) is 1.90. The van der Waals surface area contributed by atoms with Gasteiger partial charge in [0.25, 0.3) is 0 Å². The first-order valence-corrected chi connectivity index (χ1v) is 7.64. The van der Waals surface area contributed by atoms with Gasteiger partial charge < -0.3 is 0 Å². The molecular formula is C19H30S. The van der Waals surface area contributed by atoms with E-state index >= 15 is 0 Å². The van der Waals surface area contributed by atoms with Gasteiger partial charge in [0.15, 0.2) is 0 Å². The van der Waals surface area contributed by atoms with E-state index < -0.39 is 0 Å². The summed E-state index contributed by atoms with van der Waals surface area (Å²) in [5.41, 5.74) is 5.33. The summed E-state index contributed by atoms with van der Waals surface area (Å²) in [6, 6.07) is 0. The fraction of sp³-hybridized carbons (Fsp3) is 0.474. The van der Waals surface area contributed by atoms with E-state index in [2.05, 4.69) is 91.5 Å². The Balaban J connectivity index is 5.76. The number of hydrogen-bond acceptors (Lipinski definition) is 1. The zero-order valence-electron chi connectivity index (χ0n) is 14.3. The van der Waals surface area contributed by atoms with Crippen LogP contribution in [0.15, 0.2) is 57.6 Å². The van der Waals surface area contributed by atoms with E-state index in [0.717, 1.165) is 4.91 Å². The first-order chi connectivity index (χ1) is 9.13. The van der Waals surface area contributed by atoms with Crippen molar-refractivity contribution in [1.29, 1.82) is 0 Å². The van der Waals surface area contributed by atoms with Gasteiger partial charge in [0.2, 0.25) is 0 Å².